The van der Waals surface area contributed by atoms with E-state index in [0.717, 1.165) is 22.4 Å². The van der Waals surface area contributed by atoms with Crippen molar-refractivity contribution < 1.29 is 9.32 Å². The lowest BCUT2D eigenvalue weighted by Crippen LogP contribution is -2.14. The van der Waals surface area contributed by atoms with Gasteiger partial charge in [0.1, 0.15) is 23.3 Å². The third-order valence-corrected chi connectivity index (χ3v) is 5.67. The molecule has 3 aromatic heterocycles. The third kappa shape index (κ3) is 4.65. The third-order valence-electron chi connectivity index (χ3n) is 5.67. The van der Waals surface area contributed by atoms with Crippen LogP contribution in [0.3, 0.4) is 0 Å². The summed E-state index contributed by atoms with van der Waals surface area (Å²) in [6, 6.07) is 19.0. The van der Waals surface area contributed by atoms with Crippen molar-refractivity contribution in [2.75, 3.05) is 11.1 Å². The minimum absolute atomic E-state index is 0.145. The molecule has 0 unspecified atom stereocenters. The first-order valence-corrected chi connectivity index (χ1v) is 11.0. The maximum Gasteiger partial charge on any atom is 0.255 e. The number of rotatable bonds is 6. The van der Waals surface area contributed by atoms with Gasteiger partial charge >= 0.3 is 0 Å². The SMILES string of the molecule is Cc1ccc(C(=O)Nc2cnc(-c3cc(-c4ccon4)n(Cc4ccccc4C)n3)nc2N)cc1. The monoisotopic (exact) mass is 465 g/mol. The number of hydrogen-bond donors (Lipinski definition) is 2. The van der Waals surface area contributed by atoms with Gasteiger partial charge in [-0.05, 0) is 43.2 Å². The second kappa shape index (κ2) is 9.22. The van der Waals surface area contributed by atoms with E-state index in [9.17, 15) is 4.79 Å². The number of aromatic nitrogens is 5. The average Bonchev–Trinajstić information content (AvgIpc) is 3.52. The molecule has 0 atom stereocenters. The van der Waals surface area contributed by atoms with E-state index in [2.05, 4.69) is 39.5 Å². The zero-order chi connectivity index (χ0) is 24.4. The van der Waals surface area contributed by atoms with E-state index >= 15 is 0 Å². The van der Waals surface area contributed by atoms with E-state index < -0.39 is 0 Å². The van der Waals surface area contributed by atoms with Gasteiger partial charge < -0.3 is 15.6 Å². The van der Waals surface area contributed by atoms with Gasteiger partial charge in [-0.15, -0.1) is 0 Å². The van der Waals surface area contributed by atoms with Crippen LogP contribution in [0, 0.1) is 13.8 Å². The van der Waals surface area contributed by atoms with Crippen molar-refractivity contribution in [3.63, 3.8) is 0 Å². The van der Waals surface area contributed by atoms with Crippen molar-refractivity contribution in [3.8, 4) is 22.9 Å². The van der Waals surface area contributed by atoms with E-state index in [4.69, 9.17) is 15.4 Å². The number of benzene rings is 2. The molecule has 1 amide bonds. The lowest BCUT2D eigenvalue weighted by Gasteiger charge is -2.09. The first kappa shape index (κ1) is 22.0. The fourth-order valence-electron chi connectivity index (χ4n) is 3.66. The van der Waals surface area contributed by atoms with Crippen LogP contribution in [0.4, 0.5) is 11.5 Å². The summed E-state index contributed by atoms with van der Waals surface area (Å²) >= 11 is 0. The number of nitrogens with two attached hydrogens (primary N) is 1. The van der Waals surface area contributed by atoms with E-state index in [0.29, 0.717) is 35.0 Å². The molecule has 0 fully saturated rings. The van der Waals surface area contributed by atoms with Gasteiger partial charge in [-0.1, -0.05) is 47.1 Å². The van der Waals surface area contributed by atoms with Gasteiger partial charge in [-0.2, -0.15) is 5.10 Å². The van der Waals surface area contributed by atoms with Crippen molar-refractivity contribution in [1.82, 2.24) is 24.9 Å². The summed E-state index contributed by atoms with van der Waals surface area (Å²) in [5, 5.41) is 11.6. The van der Waals surface area contributed by atoms with Gasteiger partial charge in [0, 0.05) is 11.6 Å². The van der Waals surface area contributed by atoms with Crippen LogP contribution in [0.1, 0.15) is 27.0 Å². The van der Waals surface area contributed by atoms with Crippen LogP contribution in [0.15, 0.2) is 77.6 Å². The standard InChI is InChI=1S/C26H23N7O2/c1-16-7-9-18(10-8-16)26(34)29-22-14-28-25(30-24(22)27)21-13-23(20-11-12-35-32-20)33(31-21)15-19-6-4-3-5-17(19)2/h3-14H,15H2,1-2H3,(H,29,34)(H2,27,28,30). The van der Waals surface area contributed by atoms with Crippen LogP contribution >= 0.6 is 0 Å². The molecular weight excluding hydrogens is 442 g/mol. The average molecular weight is 466 g/mol. The molecule has 35 heavy (non-hydrogen) atoms. The Morgan fingerprint density at radius 2 is 1.86 bits per heavy atom. The zero-order valence-corrected chi connectivity index (χ0v) is 19.3. The highest BCUT2D eigenvalue weighted by molar-refractivity contribution is 6.05. The lowest BCUT2D eigenvalue weighted by molar-refractivity contribution is 0.102. The normalized spacial score (nSPS) is 10.9. The van der Waals surface area contributed by atoms with Crippen LogP contribution in [0.2, 0.25) is 0 Å². The van der Waals surface area contributed by atoms with E-state index in [1.165, 1.54) is 12.5 Å². The maximum absolute atomic E-state index is 12.6. The van der Waals surface area contributed by atoms with E-state index in [1.807, 2.05) is 41.9 Å². The Bertz CT molecular complexity index is 1490. The predicted molar refractivity (Wildman–Crippen MR) is 133 cm³/mol. The molecule has 0 saturated carbocycles. The molecule has 3 heterocycles. The van der Waals surface area contributed by atoms with E-state index in [-0.39, 0.29) is 11.7 Å². The van der Waals surface area contributed by atoms with Crippen LogP contribution in [-0.4, -0.2) is 30.8 Å². The molecule has 0 spiro atoms. The Hall–Kier alpha value is -4.79. The molecule has 3 N–H and O–H groups in total. The highest BCUT2D eigenvalue weighted by atomic mass is 16.5. The number of amides is 1. The minimum Gasteiger partial charge on any atom is -0.382 e. The Morgan fingerprint density at radius 1 is 1.06 bits per heavy atom. The lowest BCUT2D eigenvalue weighted by atomic mass is 10.1. The quantitative estimate of drug-likeness (QED) is 0.378. The molecule has 0 aliphatic rings. The Balaban J connectivity index is 1.44. The van der Waals surface area contributed by atoms with Gasteiger partial charge in [-0.3, -0.25) is 9.48 Å². The molecule has 5 aromatic rings. The second-order valence-corrected chi connectivity index (χ2v) is 8.20. The van der Waals surface area contributed by atoms with Gasteiger partial charge in [0.05, 0.1) is 18.4 Å². The Morgan fingerprint density at radius 3 is 2.57 bits per heavy atom. The summed E-state index contributed by atoms with van der Waals surface area (Å²) in [4.78, 5) is 21.4. The summed E-state index contributed by atoms with van der Waals surface area (Å²) in [5.41, 5.74) is 12.3. The molecule has 0 radical (unpaired) electrons. The summed E-state index contributed by atoms with van der Waals surface area (Å²) < 4.78 is 6.88. The fraction of sp³-hybridized carbons (Fsp3) is 0.115. The van der Waals surface area contributed by atoms with Crippen LogP contribution in [-0.2, 0) is 6.54 Å². The molecule has 9 nitrogen and oxygen atoms in total. The first-order chi connectivity index (χ1) is 17.0. The van der Waals surface area contributed by atoms with Crippen molar-refractivity contribution in [3.05, 3.63) is 95.4 Å². The number of nitrogen functional groups attached to an aromatic ring is 1. The van der Waals surface area contributed by atoms with Crippen molar-refractivity contribution in [1.29, 1.82) is 0 Å². The largest absolute Gasteiger partial charge is 0.382 e. The number of nitrogens with zero attached hydrogens (tertiary/aromatic N) is 5. The Labute approximate surface area is 201 Å². The minimum atomic E-state index is -0.288. The molecule has 0 saturated heterocycles. The number of aryl methyl sites for hydroxylation is 2. The molecule has 9 heteroatoms. The van der Waals surface area contributed by atoms with Crippen molar-refractivity contribution in [2.45, 2.75) is 20.4 Å². The highest BCUT2D eigenvalue weighted by Crippen LogP contribution is 2.26. The maximum atomic E-state index is 12.6. The molecule has 5 rings (SSSR count). The summed E-state index contributed by atoms with van der Waals surface area (Å²) in [5.74, 6) is 0.194. The summed E-state index contributed by atoms with van der Waals surface area (Å²) in [6.07, 6.45) is 3.00. The number of nitrogens with one attached hydrogen (secondary N) is 1. The molecule has 0 bridgehead atoms. The Kier molecular flexibility index (Phi) is 5.80. The van der Waals surface area contributed by atoms with Crippen molar-refractivity contribution >= 4 is 17.4 Å². The molecule has 2 aromatic carbocycles. The van der Waals surface area contributed by atoms with Crippen LogP contribution in [0.5, 0.6) is 0 Å². The number of anilines is 2. The van der Waals surface area contributed by atoms with Crippen LogP contribution < -0.4 is 11.1 Å². The van der Waals surface area contributed by atoms with Gasteiger partial charge in [0.15, 0.2) is 11.6 Å². The molecule has 174 valence electrons. The smallest absolute Gasteiger partial charge is 0.255 e. The molecule has 0 aliphatic carbocycles. The van der Waals surface area contributed by atoms with E-state index in [1.54, 1.807) is 18.2 Å². The topological polar surface area (TPSA) is 125 Å². The zero-order valence-electron chi connectivity index (χ0n) is 19.3. The number of carbonyl (C=O) groups excluding carboxylic acids is 1. The van der Waals surface area contributed by atoms with Crippen molar-refractivity contribution in [2.24, 2.45) is 0 Å². The predicted octanol–water partition coefficient (Wildman–Crippen LogP) is 4.49. The van der Waals surface area contributed by atoms with Gasteiger partial charge in [0.2, 0.25) is 0 Å². The molecular formula is C26H23N7O2. The summed E-state index contributed by atoms with van der Waals surface area (Å²) in [7, 11) is 0. The van der Waals surface area contributed by atoms with Crippen LogP contribution in [0.25, 0.3) is 22.9 Å². The highest BCUT2D eigenvalue weighted by Gasteiger charge is 2.18. The fourth-order valence-corrected chi connectivity index (χ4v) is 3.66. The first-order valence-electron chi connectivity index (χ1n) is 11.0. The number of hydrogen-bond acceptors (Lipinski definition) is 7. The number of carbonyl (C=O) groups is 1. The second-order valence-electron chi connectivity index (χ2n) is 8.20. The van der Waals surface area contributed by atoms with Gasteiger partial charge in [-0.25, -0.2) is 9.97 Å². The molecule has 0 aliphatic heterocycles. The van der Waals surface area contributed by atoms with Gasteiger partial charge in [0.25, 0.3) is 5.91 Å². The summed E-state index contributed by atoms with van der Waals surface area (Å²) in [6.45, 7) is 4.56.